The monoisotopic (exact) mass is 416 g/mol. The van der Waals surface area contributed by atoms with Crippen molar-refractivity contribution in [3.05, 3.63) is 48.3 Å². The smallest absolute Gasteiger partial charge is 0.322 e. The summed E-state index contributed by atoms with van der Waals surface area (Å²) in [5.74, 6) is 0.574. The van der Waals surface area contributed by atoms with Crippen LogP contribution in [0.3, 0.4) is 0 Å². The third-order valence-corrected chi connectivity index (χ3v) is 4.85. The Kier molecular flexibility index (Phi) is 8.73. The lowest BCUT2D eigenvalue weighted by molar-refractivity contribution is -0.133. The third-order valence-electron chi connectivity index (χ3n) is 4.85. The molecule has 0 saturated heterocycles. The van der Waals surface area contributed by atoms with Crippen LogP contribution in [-0.2, 0) is 23.1 Å². The Morgan fingerprint density at radius 3 is 2.37 bits per heavy atom. The van der Waals surface area contributed by atoms with Gasteiger partial charge in [-0.2, -0.15) is 0 Å². The van der Waals surface area contributed by atoms with E-state index < -0.39 is 0 Å². The first-order chi connectivity index (χ1) is 14.3. The number of rotatable bonds is 10. The Labute approximate surface area is 178 Å². The molecule has 0 saturated carbocycles. The largest absolute Gasteiger partial charge is 0.497 e. The predicted octanol–water partition coefficient (Wildman–Crippen LogP) is 2.95. The topological polar surface area (TPSA) is 76.0 Å². The van der Waals surface area contributed by atoms with Crippen molar-refractivity contribution in [2.24, 2.45) is 7.05 Å². The van der Waals surface area contributed by atoms with Gasteiger partial charge in [0.05, 0.1) is 20.3 Å². The van der Waals surface area contributed by atoms with Gasteiger partial charge in [-0.25, -0.2) is 4.79 Å². The molecular weight excluding hydrogens is 384 g/mol. The van der Waals surface area contributed by atoms with Crippen molar-refractivity contribution < 1.29 is 19.1 Å². The van der Waals surface area contributed by atoms with Gasteiger partial charge in [0.1, 0.15) is 12.3 Å². The van der Waals surface area contributed by atoms with Crippen LogP contribution in [0.25, 0.3) is 0 Å². The number of aromatic nitrogens is 1. The van der Waals surface area contributed by atoms with Crippen molar-refractivity contribution in [1.29, 1.82) is 0 Å². The predicted molar refractivity (Wildman–Crippen MR) is 117 cm³/mol. The number of hydrogen-bond acceptors (Lipinski definition) is 4. The summed E-state index contributed by atoms with van der Waals surface area (Å²) < 4.78 is 12.3. The number of nitrogens with zero attached hydrogens (tertiary/aromatic N) is 3. The zero-order valence-corrected chi connectivity index (χ0v) is 18.4. The number of aryl methyl sites for hydroxylation is 1. The zero-order valence-electron chi connectivity index (χ0n) is 18.4. The van der Waals surface area contributed by atoms with Crippen molar-refractivity contribution in [2.75, 3.05) is 39.2 Å². The van der Waals surface area contributed by atoms with Gasteiger partial charge < -0.3 is 29.2 Å². The summed E-state index contributed by atoms with van der Waals surface area (Å²) in [5.41, 5.74) is 1.65. The number of nitrogens with one attached hydrogen (secondary N) is 1. The summed E-state index contributed by atoms with van der Waals surface area (Å²) in [6.07, 6.45) is 1.94. The zero-order chi connectivity index (χ0) is 22.1. The highest BCUT2D eigenvalue weighted by Crippen LogP contribution is 2.16. The Bertz CT molecular complexity index is 817. The van der Waals surface area contributed by atoms with Crippen LogP contribution in [0.2, 0.25) is 0 Å². The normalized spacial score (nSPS) is 10.7. The number of anilines is 1. The Morgan fingerprint density at radius 2 is 1.83 bits per heavy atom. The Balaban J connectivity index is 2.08. The van der Waals surface area contributed by atoms with Gasteiger partial charge in [-0.3, -0.25) is 4.79 Å². The maximum Gasteiger partial charge on any atom is 0.322 e. The molecule has 0 atom stereocenters. The van der Waals surface area contributed by atoms with Gasteiger partial charge >= 0.3 is 6.03 Å². The van der Waals surface area contributed by atoms with E-state index in [9.17, 15) is 9.59 Å². The summed E-state index contributed by atoms with van der Waals surface area (Å²) in [5, 5.41) is 2.85. The second-order valence-corrected chi connectivity index (χ2v) is 7.30. The van der Waals surface area contributed by atoms with Crippen LogP contribution < -0.4 is 10.1 Å². The van der Waals surface area contributed by atoms with Crippen molar-refractivity contribution in [2.45, 2.75) is 26.4 Å². The van der Waals surface area contributed by atoms with Gasteiger partial charge in [-0.15, -0.1) is 0 Å². The third kappa shape index (κ3) is 6.52. The lowest BCUT2D eigenvalue weighted by atomic mass is 10.3. The quantitative estimate of drug-likeness (QED) is 0.646. The van der Waals surface area contributed by atoms with E-state index in [1.807, 2.05) is 43.8 Å². The number of methoxy groups -OCH3 is 2. The van der Waals surface area contributed by atoms with Gasteiger partial charge in [0.25, 0.3) is 0 Å². The van der Waals surface area contributed by atoms with E-state index in [0.717, 1.165) is 5.69 Å². The van der Waals surface area contributed by atoms with E-state index in [2.05, 4.69) is 5.32 Å². The number of carbonyl (C=O) groups is 2. The van der Waals surface area contributed by atoms with E-state index in [1.165, 1.54) is 4.90 Å². The summed E-state index contributed by atoms with van der Waals surface area (Å²) in [6.45, 7) is 5.09. The molecule has 1 heterocycles. The van der Waals surface area contributed by atoms with E-state index in [-0.39, 0.29) is 24.5 Å². The van der Waals surface area contributed by atoms with Gasteiger partial charge in [0, 0.05) is 44.3 Å². The van der Waals surface area contributed by atoms with Gasteiger partial charge in [0.2, 0.25) is 5.91 Å². The van der Waals surface area contributed by atoms with Crippen LogP contribution in [0.5, 0.6) is 5.75 Å². The van der Waals surface area contributed by atoms with Crippen LogP contribution in [0.4, 0.5) is 10.5 Å². The van der Waals surface area contributed by atoms with Gasteiger partial charge in [-0.05, 0) is 50.2 Å². The lowest BCUT2D eigenvalue weighted by Gasteiger charge is -2.30. The van der Waals surface area contributed by atoms with E-state index in [4.69, 9.17) is 9.47 Å². The molecule has 0 aliphatic rings. The second kappa shape index (κ2) is 11.3. The van der Waals surface area contributed by atoms with E-state index in [1.54, 1.807) is 43.4 Å². The van der Waals surface area contributed by atoms with E-state index >= 15 is 0 Å². The number of ether oxygens (including phenoxy) is 2. The van der Waals surface area contributed by atoms with Crippen LogP contribution in [-0.4, -0.2) is 66.3 Å². The molecule has 0 aliphatic heterocycles. The van der Waals surface area contributed by atoms with Crippen molar-refractivity contribution in [3.63, 3.8) is 0 Å². The van der Waals surface area contributed by atoms with Crippen LogP contribution in [0.15, 0.2) is 42.6 Å². The number of benzene rings is 1. The highest BCUT2D eigenvalue weighted by Gasteiger charge is 2.24. The SMILES string of the molecule is COCCN(Cc1cccn1C)C(=O)CN(C(=O)Nc1ccc(OC)cc1)C(C)C. The van der Waals surface area contributed by atoms with Crippen molar-refractivity contribution in [3.8, 4) is 5.75 Å². The minimum Gasteiger partial charge on any atom is -0.497 e. The maximum atomic E-state index is 13.1. The molecule has 2 aromatic rings. The minimum atomic E-state index is -0.325. The average molecular weight is 417 g/mol. The van der Waals surface area contributed by atoms with Crippen LogP contribution in [0, 0.1) is 0 Å². The number of hydrogen-bond donors (Lipinski definition) is 1. The van der Waals surface area contributed by atoms with Crippen molar-refractivity contribution in [1.82, 2.24) is 14.4 Å². The fourth-order valence-electron chi connectivity index (χ4n) is 2.95. The van der Waals surface area contributed by atoms with Crippen LogP contribution in [0.1, 0.15) is 19.5 Å². The molecule has 0 spiro atoms. The molecular formula is C22H32N4O4. The maximum absolute atomic E-state index is 13.1. The molecule has 2 rings (SSSR count). The Hall–Kier alpha value is -3.00. The molecule has 1 aromatic heterocycles. The molecule has 8 nitrogen and oxygen atoms in total. The van der Waals surface area contributed by atoms with Crippen LogP contribution >= 0.6 is 0 Å². The molecule has 1 N–H and O–H groups in total. The first kappa shape index (κ1) is 23.3. The first-order valence-corrected chi connectivity index (χ1v) is 9.94. The molecule has 0 bridgehead atoms. The summed E-state index contributed by atoms with van der Waals surface area (Å²) in [6, 6.07) is 10.5. The molecule has 164 valence electrons. The molecule has 0 unspecified atom stereocenters. The molecule has 1 aromatic carbocycles. The summed E-state index contributed by atoms with van der Waals surface area (Å²) in [7, 11) is 5.13. The Morgan fingerprint density at radius 1 is 1.13 bits per heavy atom. The molecule has 3 amide bonds. The average Bonchev–Trinajstić information content (AvgIpc) is 3.13. The number of urea groups is 1. The summed E-state index contributed by atoms with van der Waals surface area (Å²) in [4.78, 5) is 29.1. The highest BCUT2D eigenvalue weighted by atomic mass is 16.5. The first-order valence-electron chi connectivity index (χ1n) is 9.94. The minimum absolute atomic E-state index is 0.0200. The standard InChI is InChI=1S/C22H32N4O4/c1-17(2)26(22(28)23-18-8-10-20(30-5)11-9-18)16-21(27)25(13-14-29-4)15-19-7-6-12-24(19)3/h6-12,17H,13-16H2,1-5H3,(H,23,28). The number of amides is 3. The molecule has 0 radical (unpaired) electrons. The fourth-order valence-corrected chi connectivity index (χ4v) is 2.95. The molecule has 0 aliphatic carbocycles. The van der Waals surface area contributed by atoms with E-state index in [0.29, 0.717) is 31.1 Å². The van der Waals surface area contributed by atoms with Gasteiger partial charge in [0.15, 0.2) is 0 Å². The van der Waals surface area contributed by atoms with Crippen molar-refractivity contribution >= 4 is 17.6 Å². The molecule has 30 heavy (non-hydrogen) atoms. The highest BCUT2D eigenvalue weighted by molar-refractivity contribution is 5.92. The molecule has 8 heteroatoms. The fraction of sp³-hybridized carbons (Fsp3) is 0.455. The molecule has 0 fully saturated rings. The lowest BCUT2D eigenvalue weighted by Crippen LogP contribution is -2.48. The summed E-state index contributed by atoms with van der Waals surface area (Å²) >= 11 is 0. The second-order valence-electron chi connectivity index (χ2n) is 7.30. The van der Waals surface area contributed by atoms with Gasteiger partial charge in [-0.1, -0.05) is 0 Å². The number of carbonyl (C=O) groups excluding carboxylic acids is 2.